The molecule has 0 atom stereocenters. The molecule has 35 heavy (non-hydrogen) atoms. The van der Waals surface area contributed by atoms with Crippen LogP contribution in [0.5, 0.6) is 11.5 Å². The fraction of sp³-hybridized carbons (Fsp3) is 0. The van der Waals surface area contributed by atoms with Crippen molar-refractivity contribution in [2.24, 2.45) is 0 Å². The number of hydrogen-bond donors (Lipinski definition) is 1. The molecule has 1 aliphatic heterocycles. The summed E-state index contributed by atoms with van der Waals surface area (Å²) in [5, 5.41) is 6.94. The Kier molecular flexibility index (Phi) is 6.26. The van der Waals surface area contributed by atoms with Gasteiger partial charge in [-0.2, -0.15) is 5.10 Å². The molecule has 0 radical (unpaired) electrons. The van der Waals surface area contributed by atoms with Crippen molar-refractivity contribution < 1.29 is 14.3 Å². The van der Waals surface area contributed by atoms with E-state index in [4.69, 9.17) is 17.0 Å². The summed E-state index contributed by atoms with van der Waals surface area (Å²) in [4.78, 5) is 27.2. The van der Waals surface area contributed by atoms with Crippen LogP contribution in [0, 0.1) is 0 Å². The lowest BCUT2D eigenvalue weighted by Crippen LogP contribution is -2.54. The van der Waals surface area contributed by atoms with E-state index in [0.29, 0.717) is 22.7 Å². The molecule has 9 heteroatoms. The topological polar surface area (TPSA) is 76.5 Å². The predicted molar refractivity (Wildman–Crippen MR) is 140 cm³/mol. The lowest BCUT2D eigenvalue weighted by molar-refractivity contribution is -0.122. The van der Waals surface area contributed by atoms with Crippen molar-refractivity contribution in [3.8, 4) is 17.2 Å². The van der Waals surface area contributed by atoms with Gasteiger partial charge >= 0.3 is 0 Å². The number of nitrogens with zero attached hydrogens (tertiary/aromatic N) is 3. The highest BCUT2D eigenvalue weighted by molar-refractivity contribution is 9.10. The van der Waals surface area contributed by atoms with Gasteiger partial charge in [0.25, 0.3) is 11.8 Å². The molecule has 4 aromatic rings. The molecule has 7 nitrogen and oxygen atoms in total. The Balaban J connectivity index is 1.38. The second-order valence-corrected chi connectivity index (χ2v) is 8.86. The second kappa shape index (κ2) is 9.65. The summed E-state index contributed by atoms with van der Waals surface area (Å²) >= 11 is 8.70. The minimum Gasteiger partial charge on any atom is -0.457 e. The number of thiocarbonyl (C=S) groups is 1. The van der Waals surface area contributed by atoms with E-state index in [1.54, 1.807) is 41.3 Å². The van der Waals surface area contributed by atoms with Crippen LogP contribution in [-0.2, 0) is 9.59 Å². The third-order valence-corrected chi connectivity index (χ3v) is 5.99. The zero-order chi connectivity index (χ0) is 24.4. The van der Waals surface area contributed by atoms with Crippen molar-refractivity contribution in [3.63, 3.8) is 0 Å². The Morgan fingerprint density at radius 2 is 1.54 bits per heavy atom. The van der Waals surface area contributed by atoms with Gasteiger partial charge in [0.05, 0.1) is 17.6 Å². The lowest BCUT2D eigenvalue weighted by atomic mass is 10.1. The van der Waals surface area contributed by atoms with Gasteiger partial charge in [0, 0.05) is 16.2 Å². The maximum atomic E-state index is 13.3. The highest BCUT2D eigenvalue weighted by Gasteiger charge is 2.34. The monoisotopic (exact) mass is 544 g/mol. The quantitative estimate of drug-likeness (QED) is 0.211. The highest BCUT2D eigenvalue weighted by Crippen LogP contribution is 2.27. The number of halogens is 1. The Morgan fingerprint density at radius 1 is 0.886 bits per heavy atom. The van der Waals surface area contributed by atoms with Crippen molar-refractivity contribution in [3.05, 3.63) is 107 Å². The maximum Gasteiger partial charge on any atom is 0.270 e. The first-order valence-electron chi connectivity index (χ1n) is 10.5. The van der Waals surface area contributed by atoms with Crippen LogP contribution in [0.2, 0.25) is 0 Å². The molecule has 0 unspecified atom stereocenters. The SMILES string of the molecule is O=C1NC(=S)N(c2ccc(Oc3ccccc3)cc2)C(=O)C1=Cc1cnn(-c2ccc(Br)cc2)c1. The average molecular weight is 545 g/mol. The highest BCUT2D eigenvalue weighted by atomic mass is 79.9. The Labute approximate surface area is 214 Å². The van der Waals surface area contributed by atoms with Crippen molar-refractivity contribution in [2.75, 3.05) is 4.90 Å². The van der Waals surface area contributed by atoms with Crippen LogP contribution in [0.1, 0.15) is 5.56 Å². The number of ether oxygens (including phenoxy) is 1. The van der Waals surface area contributed by atoms with Gasteiger partial charge in [-0.05, 0) is 79.0 Å². The number of aromatic nitrogens is 2. The largest absolute Gasteiger partial charge is 0.457 e. The number of carbonyl (C=O) groups excluding carboxylic acids is 2. The first-order chi connectivity index (χ1) is 17.0. The van der Waals surface area contributed by atoms with Crippen LogP contribution in [0.25, 0.3) is 11.8 Å². The molecular formula is C26H17BrN4O3S. The van der Waals surface area contributed by atoms with E-state index in [1.807, 2.05) is 54.6 Å². The zero-order valence-corrected chi connectivity index (χ0v) is 20.5. The summed E-state index contributed by atoms with van der Waals surface area (Å²) in [5.41, 5.74) is 1.92. The van der Waals surface area contributed by atoms with Crippen LogP contribution in [0.15, 0.2) is 101 Å². The van der Waals surface area contributed by atoms with Gasteiger partial charge in [-0.15, -0.1) is 0 Å². The van der Waals surface area contributed by atoms with Gasteiger partial charge in [0.2, 0.25) is 0 Å². The van der Waals surface area contributed by atoms with E-state index < -0.39 is 11.8 Å². The second-order valence-electron chi connectivity index (χ2n) is 7.56. The van der Waals surface area contributed by atoms with Crippen molar-refractivity contribution in [2.45, 2.75) is 0 Å². The number of hydrogen-bond acceptors (Lipinski definition) is 5. The number of carbonyl (C=O) groups is 2. The van der Waals surface area contributed by atoms with Crippen molar-refractivity contribution in [1.29, 1.82) is 0 Å². The van der Waals surface area contributed by atoms with E-state index in [1.165, 1.54) is 11.0 Å². The normalized spacial score (nSPS) is 14.8. The Morgan fingerprint density at radius 3 is 2.26 bits per heavy atom. The van der Waals surface area contributed by atoms with E-state index in [-0.39, 0.29) is 10.7 Å². The third-order valence-electron chi connectivity index (χ3n) is 5.18. The molecule has 1 saturated heterocycles. The molecule has 0 bridgehead atoms. The smallest absolute Gasteiger partial charge is 0.270 e. The van der Waals surface area contributed by atoms with Crippen molar-refractivity contribution >= 4 is 56.8 Å². The summed E-state index contributed by atoms with van der Waals surface area (Å²) in [6, 6.07) is 23.9. The molecule has 1 N–H and O–H groups in total. The Bertz CT molecular complexity index is 1450. The first-order valence-corrected chi connectivity index (χ1v) is 11.7. The minimum atomic E-state index is -0.559. The Hall–Kier alpha value is -4.08. The molecule has 2 amide bonds. The van der Waals surface area contributed by atoms with Crippen LogP contribution in [0.4, 0.5) is 5.69 Å². The molecular weight excluding hydrogens is 528 g/mol. The van der Waals surface area contributed by atoms with Gasteiger partial charge in [-0.25, -0.2) is 4.68 Å². The third kappa shape index (κ3) is 4.91. The van der Waals surface area contributed by atoms with E-state index in [0.717, 1.165) is 10.2 Å². The number of nitrogens with one attached hydrogen (secondary N) is 1. The van der Waals surface area contributed by atoms with Crippen LogP contribution < -0.4 is 15.0 Å². The van der Waals surface area contributed by atoms with Crippen LogP contribution in [-0.4, -0.2) is 26.7 Å². The molecule has 1 aromatic heterocycles. The number of anilines is 1. The summed E-state index contributed by atoms with van der Waals surface area (Å²) in [6.07, 6.45) is 4.83. The summed E-state index contributed by atoms with van der Waals surface area (Å²) in [6.45, 7) is 0. The molecule has 3 aromatic carbocycles. The molecule has 172 valence electrons. The van der Waals surface area contributed by atoms with Crippen LogP contribution in [0.3, 0.4) is 0 Å². The van der Waals surface area contributed by atoms with Gasteiger partial charge in [0.1, 0.15) is 17.1 Å². The van der Waals surface area contributed by atoms with Gasteiger partial charge < -0.3 is 4.74 Å². The average Bonchev–Trinajstić information content (AvgIpc) is 3.32. The maximum absolute atomic E-state index is 13.3. The fourth-order valence-corrected chi connectivity index (χ4v) is 4.04. The molecule has 2 heterocycles. The first kappa shape index (κ1) is 22.7. The summed E-state index contributed by atoms with van der Waals surface area (Å²) in [5.74, 6) is 0.227. The molecule has 5 rings (SSSR count). The number of rotatable bonds is 5. The van der Waals surface area contributed by atoms with E-state index >= 15 is 0 Å². The number of amides is 2. The molecule has 0 spiro atoms. The lowest BCUT2D eigenvalue weighted by Gasteiger charge is -2.28. The standard InChI is InChI=1S/C26H17BrN4O3S/c27-18-6-8-19(9-7-18)30-16-17(15-28-30)14-23-24(32)29-26(35)31(25(23)33)20-10-12-22(13-11-20)34-21-4-2-1-3-5-21/h1-16H,(H,29,32,35). The summed E-state index contributed by atoms with van der Waals surface area (Å²) < 4.78 is 8.43. The number of benzene rings is 3. The zero-order valence-electron chi connectivity index (χ0n) is 18.1. The van der Waals surface area contributed by atoms with Gasteiger partial charge in [-0.3, -0.25) is 19.8 Å². The van der Waals surface area contributed by atoms with Crippen molar-refractivity contribution in [1.82, 2.24) is 15.1 Å². The molecule has 1 fully saturated rings. The van der Waals surface area contributed by atoms with Gasteiger partial charge in [0.15, 0.2) is 5.11 Å². The molecule has 1 aliphatic rings. The van der Waals surface area contributed by atoms with Crippen LogP contribution >= 0.6 is 28.1 Å². The van der Waals surface area contributed by atoms with Gasteiger partial charge in [-0.1, -0.05) is 34.1 Å². The van der Waals surface area contributed by atoms with E-state index in [2.05, 4.69) is 26.3 Å². The molecule has 0 saturated carbocycles. The summed E-state index contributed by atoms with van der Waals surface area (Å²) in [7, 11) is 0. The fourth-order valence-electron chi connectivity index (χ4n) is 3.49. The minimum absolute atomic E-state index is 0.0134. The number of para-hydroxylation sites is 1. The molecule has 0 aliphatic carbocycles. The van der Waals surface area contributed by atoms with E-state index in [9.17, 15) is 9.59 Å². The predicted octanol–water partition coefficient (Wildman–Crippen LogP) is 5.26.